The summed E-state index contributed by atoms with van der Waals surface area (Å²) in [6.45, 7) is 5.26. The average Bonchev–Trinajstić information content (AvgIpc) is 2.85. The summed E-state index contributed by atoms with van der Waals surface area (Å²) in [6, 6.07) is 18.7. The van der Waals surface area contributed by atoms with Crippen molar-refractivity contribution >= 4 is 10.0 Å². The number of benzene rings is 2. The fourth-order valence-electron chi connectivity index (χ4n) is 4.62. The number of piperidine rings is 1. The zero-order chi connectivity index (χ0) is 22.6. The molecule has 2 aromatic carbocycles. The fraction of sp³-hybridized carbons (Fsp3) is 0.417. The summed E-state index contributed by atoms with van der Waals surface area (Å²) in [5.74, 6) is 0. The van der Waals surface area contributed by atoms with Crippen molar-refractivity contribution in [2.75, 3.05) is 39.3 Å². The molecular weight excluding hydrogens is 422 g/mol. The van der Waals surface area contributed by atoms with E-state index >= 15 is 0 Å². The largest absolute Gasteiger partial charge is 0.299 e. The lowest BCUT2D eigenvalue weighted by atomic mass is 10.0. The summed E-state index contributed by atoms with van der Waals surface area (Å²) in [5, 5.41) is 18.1. The van der Waals surface area contributed by atoms with Crippen molar-refractivity contribution in [1.82, 2.24) is 14.1 Å². The number of hydrogen-bond acceptors (Lipinski definition) is 6. The molecule has 0 spiro atoms. The number of rotatable bonds is 5. The Morgan fingerprint density at radius 2 is 1.47 bits per heavy atom. The second-order valence-corrected chi connectivity index (χ2v) is 10.3. The van der Waals surface area contributed by atoms with Crippen LogP contribution in [0.5, 0.6) is 0 Å². The second-order valence-electron chi connectivity index (χ2n) is 8.40. The normalized spacial score (nSPS) is 19.3. The maximum absolute atomic E-state index is 13.0. The topological polar surface area (TPSA) is 91.4 Å². The minimum atomic E-state index is -3.57. The van der Waals surface area contributed by atoms with Gasteiger partial charge in [0, 0.05) is 38.8 Å². The Morgan fingerprint density at radius 3 is 2.12 bits per heavy atom. The lowest BCUT2D eigenvalue weighted by Crippen LogP contribution is -2.54. The zero-order valence-corrected chi connectivity index (χ0v) is 18.8. The van der Waals surface area contributed by atoms with Crippen molar-refractivity contribution in [3.05, 3.63) is 65.2 Å². The van der Waals surface area contributed by atoms with E-state index in [1.165, 1.54) is 15.9 Å². The molecule has 0 N–H and O–H groups in total. The van der Waals surface area contributed by atoms with Crippen molar-refractivity contribution in [3.8, 4) is 12.1 Å². The Bertz CT molecular complexity index is 1140. The van der Waals surface area contributed by atoms with Crippen LogP contribution in [0.25, 0.3) is 0 Å². The molecule has 2 heterocycles. The Morgan fingerprint density at radius 1 is 0.844 bits per heavy atom. The third-order valence-corrected chi connectivity index (χ3v) is 8.30. The van der Waals surface area contributed by atoms with Crippen molar-refractivity contribution in [2.45, 2.75) is 30.3 Å². The van der Waals surface area contributed by atoms with Gasteiger partial charge >= 0.3 is 0 Å². The van der Waals surface area contributed by atoms with E-state index in [0.717, 1.165) is 45.6 Å². The standard InChI is InChI=1S/C24H27N5O2S/c25-17-20-3-1-5-22(15-20)19-27-9-7-23(8-10-27)28-11-13-29(14-12-28)32(30,31)24-6-2-4-21(16-24)18-26/h1-6,15-16,23H,7-14,19H2. The minimum absolute atomic E-state index is 0.193. The van der Waals surface area contributed by atoms with Gasteiger partial charge in [0.25, 0.3) is 0 Å². The Balaban J connectivity index is 1.29. The molecular formula is C24H27N5O2S. The summed E-state index contributed by atoms with van der Waals surface area (Å²) < 4.78 is 27.5. The maximum atomic E-state index is 13.0. The van der Waals surface area contributed by atoms with Gasteiger partial charge in [-0.15, -0.1) is 0 Å². The highest BCUT2D eigenvalue weighted by atomic mass is 32.2. The van der Waals surface area contributed by atoms with Gasteiger partial charge in [0.2, 0.25) is 10.0 Å². The number of piperazine rings is 1. The molecule has 2 saturated heterocycles. The number of sulfonamides is 1. The van der Waals surface area contributed by atoms with Crippen LogP contribution in [-0.4, -0.2) is 67.8 Å². The van der Waals surface area contributed by atoms with Gasteiger partial charge in [0.15, 0.2) is 0 Å². The number of hydrogen-bond donors (Lipinski definition) is 0. The van der Waals surface area contributed by atoms with Crippen LogP contribution < -0.4 is 0 Å². The third-order valence-electron chi connectivity index (χ3n) is 6.41. The van der Waals surface area contributed by atoms with Gasteiger partial charge in [-0.2, -0.15) is 14.8 Å². The Labute approximate surface area is 190 Å². The number of nitrogens with zero attached hydrogens (tertiary/aromatic N) is 5. The van der Waals surface area contributed by atoms with Gasteiger partial charge in [0.05, 0.1) is 28.2 Å². The maximum Gasteiger partial charge on any atom is 0.243 e. The van der Waals surface area contributed by atoms with Crippen LogP contribution in [0.15, 0.2) is 53.4 Å². The molecule has 7 nitrogen and oxygen atoms in total. The van der Waals surface area contributed by atoms with Crippen LogP contribution in [0, 0.1) is 22.7 Å². The smallest absolute Gasteiger partial charge is 0.243 e. The molecule has 2 aromatic rings. The van der Waals surface area contributed by atoms with Crippen molar-refractivity contribution < 1.29 is 8.42 Å². The van der Waals surface area contributed by atoms with E-state index in [1.807, 2.05) is 24.3 Å². The molecule has 0 aromatic heterocycles. The van der Waals surface area contributed by atoms with Gasteiger partial charge in [-0.3, -0.25) is 9.80 Å². The zero-order valence-electron chi connectivity index (χ0n) is 18.0. The molecule has 166 valence electrons. The predicted octanol–water partition coefficient (Wildman–Crippen LogP) is 2.40. The van der Waals surface area contributed by atoms with E-state index in [4.69, 9.17) is 10.5 Å². The van der Waals surface area contributed by atoms with Gasteiger partial charge in [-0.05, 0) is 61.8 Å². The first-order valence-electron chi connectivity index (χ1n) is 11.0. The molecule has 0 aliphatic carbocycles. The second kappa shape index (κ2) is 9.81. The van der Waals surface area contributed by atoms with Crippen LogP contribution in [0.3, 0.4) is 0 Å². The highest BCUT2D eigenvalue weighted by Gasteiger charge is 2.32. The van der Waals surface area contributed by atoms with E-state index in [0.29, 0.717) is 30.3 Å². The number of nitriles is 2. The van der Waals surface area contributed by atoms with Gasteiger partial charge in [0.1, 0.15) is 0 Å². The predicted molar refractivity (Wildman–Crippen MR) is 121 cm³/mol. The van der Waals surface area contributed by atoms with Crippen LogP contribution in [-0.2, 0) is 16.6 Å². The highest BCUT2D eigenvalue weighted by molar-refractivity contribution is 7.89. The summed E-state index contributed by atoms with van der Waals surface area (Å²) in [6.07, 6.45) is 2.13. The Hall–Kier alpha value is -2.75. The van der Waals surface area contributed by atoms with E-state index in [2.05, 4.69) is 21.9 Å². The van der Waals surface area contributed by atoms with Crippen LogP contribution >= 0.6 is 0 Å². The first-order chi connectivity index (χ1) is 15.5. The van der Waals surface area contributed by atoms with Crippen molar-refractivity contribution in [1.29, 1.82) is 10.5 Å². The molecule has 0 radical (unpaired) electrons. The van der Waals surface area contributed by atoms with E-state index < -0.39 is 10.0 Å². The summed E-state index contributed by atoms with van der Waals surface area (Å²) in [7, 11) is -3.57. The van der Waals surface area contributed by atoms with E-state index in [1.54, 1.807) is 18.2 Å². The van der Waals surface area contributed by atoms with Gasteiger partial charge in [-0.1, -0.05) is 18.2 Å². The quantitative estimate of drug-likeness (QED) is 0.696. The lowest BCUT2D eigenvalue weighted by Gasteiger charge is -2.42. The fourth-order valence-corrected chi connectivity index (χ4v) is 6.09. The molecule has 0 amide bonds. The molecule has 0 atom stereocenters. The Kier molecular flexibility index (Phi) is 6.88. The van der Waals surface area contributed by atoms with Crippen molar-refractivity contribution in [2.24, 2.45) is 0 Å². The molecule has 0 saturated carbocycles. The molecule has 4 rings (SSSR count). The number of likely N-dealkylation sites (tertiary alicyclic amines) is 1. The molecule has 0 unspecified atom stereocenters. The van der Waals surface area contributed by atoms with Gasteiger partial charge < -0.3 is 0 Å². The minimum Gasteiger partial charge on any atom is -0.299 e. The average molecular weight is 450 g/mol. The molecule has 2 aliphatic heterocycles. The lowest BCUT2D eigenvalue weighted by molar-refractivity contribution is 0.0786. The first kappa shape index (κ1) is 22.4. The summed E-state index contributed by atoms with van der Waals surface area (Å²) >= 11 is 0. The van der Waals surface area contributed by atoms with Crippen molar-refractivity contribution in [3.63, 3.8) is 0 Å². The molecule has 2 aliphatic rings. The van der Waals surface area contributed by atoms with Gasteiger partial charge in [-0.25, -0.2) is 8.42 Å². The monoisotopic (exact) mass is 449 g/mol. The molecule has 8 heteroatoms. The molecule has 32 heavy (non-hydrogen) atoms. The molecule has 0 bridgehead atoms. The first-order valence-corrected chi connectivity index (χ1v) is 12.4. The third kappa shape index (κ3) is 5.01. The summed E-state index contributed by atoms with van der Waals surface area (Å²) in [4.78, 5) is 5.04. The van der Waals surface area contributed by atoms with E-state index in [9.17, 15) is 8.42 Å². The SMILES string of the molecule is N#Cc1cccc(CN2CCC(N3CCN(S(=O)(=O)c4cccc(C#N)c4)CC3)CC2)c1. The van der Waals surface area contributed by atoms with Crippen LogP contribution in [0.2, 0.25) is 0 Å². The van der Waals surface area contributed by atoms with Crippen LogP contribution in [0.4, 0.5) is 0 Å². The van der Waals surface area contributed by atoms with Crippen LogP contribution in [0.1, 0.15) is 29.5 Å². The summed E-state index contributed by atoms with van der Waals surface area (Å²) in [5.41, 5.74) is 2.22. The highest BCUT2D eigenvalue weighted by Crippen LogP contribution is 2.23. The van der Waals surface area contributed by atoms with E-state index in [-0.39, 0.29) is 4.90 Å². The molecule has 2 fully saturated rings.